The molecule has 1 aromatic carbocycles. The first-order chi connectivity index (χ1) is 16.0. The number of rotatable bonds is 9. The van der Waals surface area contributed by atoms with Gasteiger partial charge < -0.3 is 13.9 Å². The summed E-state index contributed by atoms with van der Waals surface area (Å²) in [6, 6.07) is 8.92. The van der Waals surface area contributed by atoms with Crippen molar-refractivity contribution in [2.24, 2.45) is 5.10 Å². The van der Waals surface area contributed by atoms with Gasteiger partial charge in [-0.15, -0.1) is 10.2 Å². The van der Waals surface area contributed by atoms with E-state index in [0.717, 1.165) is 0 Å². The van der Waals surface area contributed by atoms with Crippen molar-refractivity contribution in [3.05, 3.63) is 77.0 Å². The van der Waals surface area contributed by atoms with E-state index in [1.54, 1.807) is 29.1 Å². The van der Waals surface area contributed by atoms with E-state index in [9.17, 15) is 9.18 Å². The minimum atomic E-state index is -0.504. The number of ether oxygens (including phenoxy) is 2. The number of hydrogen-bond donors (Lipinski definition) is 0. The predicted molar refractivity (Wildman–Crippen MR) is 117 cm³/mol. The van der Waals surface area contributed by atoms with Crippen LogP contribution in [0.5, 0.6) is 5.75 Å². The fourth-order valence-corrected chi connectivity index (χ4v) is 3.51. The minimum Gasteiger partial charge on any atom is -0.484 e. The van der Waals surface area contributed by atoms with E-state index in [-0.39, 0.29) is 17.3 Å². The van der Waals surface area contributed by atoms with Gasteiger partial charge in [-0.2, -0.15) is 14.9 Å². The molecule has 0 fully saturated rings. The van der Waals surface area contributed by atoms with Crippen LogP contribution < -0.4 is 4.74 Å². The Balaban J connectivity index is 1.33. The van der Waals surface area contributed by atoms with E-state index in [2.05, 4.69) is 25.1 Å². The Bertz CT molecular complexity index is 1290. The molecule has 13 heteroatoms. The summed E-state index contributed by atoms with van der Waals surface area (Å²) >= 11 is 7.27. The lowest BCUT2D eigenvalue weighted by Gasteiger charge is -2.05. The third-order valence-corrected chi connectivity index (χ3v) is 5.33. The number of aromatic nitrogens is 5. The van der Waals surface area contributed by atoms with E-state index in [4.69, 9.17) is 20.8 Å². The minimum absolute atomic E-state index is 0.115. The molecule has 4 rings (SSSR count). The largest absolute Gasteiger partial charge is 0.484 e. The van der Waals surface area contributed by atoms with Gasteiger partial charge in [0.05, 0.1) is 24.2 Å². The van der Waals surface area contributed by atoms with Crippen molar-refractivity contribution in [3.63, 3.8) is 0 Å². The molecule has 4 aromatic rings. The third kappa shape index (κ3) is 5.79. The van der Waals surface area contributed by atoms with Crippen LogP contribution in [0.2, 0.25) is 5.02 Å². The number of thioether (sulfide) groups is 1. The zero-order valence-corrected chi connectivity index (χ0v) is 18.7. The molecule has 10 nitrogen and oxygen atoms in total. The highest BCUT2D eigenvalue weighted by atomic mass is 35.5. The van der Waals surface area contributed by atoms with Crippen molar-refractivity contribution >= 4 is 35.5 Å². The average Bonchev–Trinajstić information content (AvgIpc) is 3.56. The van der Waals surface area contributed by atoms with Crippen LogP contribution in [0.4, 0.5) is 4.39 Å². The van der Waals surface area contributed by atoms with Crippen LogP contribution >= 0.6 is 23.4 Å². The number of esters is 1. The zero-order valence-electron chi connectivity index (χ0n) is 17.1. The highest BCUT2D eigenvalue weighted by Gasteiger charge is 2.11. The summed E-state index contributed by atoms with van der Waals surface area (Å²) in [5, 5.41) is 17.0. The molecule has 3 aromatic heterocycles. The quantitative estimate of drug-likeness (QED) is 0.198. The molecule has 170 valence electrons. The number of halogens is 2. The first kappa shape index (κ1) is 22.6. The Kier molecular flexibility index (Phi) is 7.05. The van der Waals surface area contributed by atoms with Crippen LogP contribution in [0.3, 0.4) is 0 Å². The van der Waals surface area contributed by atoms with Crippen LogP contribution in [-0.2, 0) is 17.2 Å². The van der Waals surface area contributed by atoms with Crippen molar-refractivity contribution in [1.82, 2.24) is 24.7 Å². The van der Waals surface area contributed by atoms with Gasteiger partial charge in [-0.05, 0) is 36.4 Å². The maximum Gasteiger partial charge on any atom is 0.358 e. The van der Waals surface area contributed by atoms with Crippen molar-refractivity contribution in [3.8, 4) is 5.75 Å². The molecule has 0 amide bonds. The summed E-state index contributed by atoms with van der Waals surface area (Å²) < 4.78 is 32.0. The normalized spacial score (nSPS) is 11.2. The van der Waals surface area contributed by atoms with Gasteiger partial charge in [0.15, 0.2) is 5.69 Å². The average molecular weight is 491 g/mol. The van der Waals surface area contributed by atoms with Crippen LogP contribution in [0.1, 0.15) is 22.0 Å². The van der Waals surface area contributed by atoms with Crippen LogP contribution in [0, 0.1) is 5.82 Å². The Morgan fingerprint density at radius 1 is 1.33 bits per heavy atom. The second-order valence-corrected chi connectivity index (χ2v) is 7.69. The maximum atomic E-state index is 13.1. The zero-order chi connectivity index (χ0) is 23.2. The third-order valence-electron chi connectivity index (χ3n) is 4.12. The number of carbonyl (C=O) groups excluding carboxylic acids is 1. The van der Waals surface area contributed by atoms with Gasteiger partial charge in [0.25, 0.3) is 0 Å². The second kappa shape index (κ2) is 10.3. The number of carbonyl (C=O) groups is 1. The molecule has 0 N–H and O–H groups in total. The molecule has 0 bridgehead atoms. The molecule has 0 aliphatic carbocycles. The van der Waals surface area contributed by atoms with E-state index >= 15 is 0 Å². The molecule has 0 aliphatic rings. The van der Waals surface area contributed by atoms with E-state index in [0.29, 0.717) is 28.3 Å². The van der Waals surface area contributed by atoms with Gasteiger partial charge in [0.2, 0.25) is 5.16 Å². The van der Waals surface area contributed by atoms with Gasteiger partial charge in [-0.1, -0.05) is 23.4 Å². The first-order valence-corrected chi connectivity index (χ1v) is 10.7. The Morgan fingerprint density at radius 3 is 3.03 bits per heavy atom. The van der Waals surface area contributed by atoms with E-state index < -0.39 is 11.8 Å². The Morgan fingerprint density at radius 2 is 2.21 bits per heavy atom. The fourth-order valence-electron chi connectivity index (χ4n) is 2.57. The topological polar surface area (TPSA) is 110 Å². The monoisotopic (exact) mass is 490 g/mol. The van der Waals surface area contributed by atoms with Crippen molar-refractivity contribution in [2.45, 2.75) is 17.6 Å². The highest BCUT2D eigenvalue weighted by Crippen LogP contribution is 2.26. The molecule has 0 spiro atoms. The summed E-state index contributed by atoms with van der Waals surface area (Å²) in [4.78, 5) is 11.5. The molecular formula is C20H16ClFN6O4S. The van der Waals surface area contributed by atoms with Gasteiger partial charge in [0, 0.05) is 6.20 Å². The van der Waals surface area contributed by atoms with Gasteiger partial charge in [-0.3, -0.25) is 4.68 Å². The lowest BCUT2D eigenvalue weighted by molar-refractivity contribution is 0.0593. The maximum absolute atomic E-state index is 13.1. The highest BCUT2D eigenvalue weighted by molar-refractivity contribution is 7.98. The molecule has 33 heavy (non-hydrogen) atoms. The van der Waals surface area contributed by atoms with Crippen molar-refractivity contribution in [1.29, 1.82) is 0 Å². The van der Waals surface area contributed by atoms with E-state index in [1.165, 1.54) is 54.3 Å². The molecule has 3 heterocycles. The summed E-state index contributed by atoms with van der Waals surface area (Å²) in [5.74, 6) is 0.820. The fraction of sp³-hybridized carbons (Fsp3) is 0.150. The number of methoxy groups -OCH3 is 1. The summed E-state index contributed by atoms with van der Waals surface area (Å²) in [7, 11) is 1.30. The second-order valence-electron chi connectivity index (χ2n) is 6.38. The molecule has 0 unspecified atom stereocenters. The molecule has 0 saturated carbocycles. The lowest BCUT2D eigenvalue weighted by Crippen LogP contribution is -2.04. The standard InChI is InChI=1S/C20H16ClFN6O4S/c1-30-19(29)17-6-7-27(26-17)12-33-20-25-23-11-28(20)24-9-14-3-4-15(32-14)10-31-18-5-2-13(22)8-16(18)21/h2-9,11H,10,12H2,1H3. The smallest absolute Gasteiger partial charge is 0.358 e. The van der Waals surface area contributed by atoms with Crippen molar-refractivity contribution < 1.29 is 23.1 Å². The number of nitrogens with zero attached hydrogens (tertiary/aromatic N) is 6. The van der Waals surface area contributed by atoms with Gasteiger partial charge in [-0.25, -0.2) is 9.18 Å². The molecule has 0 aliphatic heterocycles. The summed E-state index contributed by atoms with van der Waals surface area (Å²) in [6.07, 6.45) is 4.62. The first-order valence-electron chi connectivity index (χ1n) is 9.37. The number of furan rings is 1. The van der Waals surface area contributed by atoms with Gasteiger partial charge >= 0.3 is 5.97 Å². The molecular weight excluding hydrogens is 475 g/mol. The predicted octanol–water partition coefficient (Wildman–Crippen LogP) is 3.86. The molecule has 0 atom stereocenters. The van der Waals surface area contributed by atoms with Gasteiger partial charge in [0.1, 0.15) is 36.0 Å². The molecule has 0 radical (unpaired) electrons. The Hall–Kier alpha value is -3.64. The van der Waals surface area contributed by atoms with Crippen LogP contribution in [-0.4, -0.2) is 43.9 Å². The molecule has 0 saturated heterocycles. The number of hydrogen-bond acceptors (Lipinski definition) is 9. The van der Waals surface area contributed by atoms with Crippen molar-refractivity contribution in [2.75, 3.05) is 7.11 Å². The van der Waals surface area contributed by atoms with E-state index in [1.807, 2.05) is 0 Å². The lowest BCUT2D eigenvalue weighted by atomic mass is 10.3. The summed E-state index contributed by atoms with van der Waals surface area (Å²) in [5.41, 5.74) is 0.219. The van der Waals surface area contributed by atoms with Crippen LogP contribution in [0.15, 0.2) is 63.6 Å². The Labute approximate surface area is 196 Å². The number of benzene rings is 1. The summed E-state index contributed by atoms with van der Waals surface area (Å²) in [6.45, 7) is 0.115. The SMILES string of the molecule is COC(=O)c1ccn(CSc2nncn2N=Cc2ccc(COc3ccc(F)cc3Cl)o2)n1. The van der Waals surface area contributed by atoms with Crippen LogP contribution in [0.25, 0.3) is 0 Å².